The second kappa shape index (κ2) is 7.95. The lowest BCUT2D eigenvalue weighted by molar-refractivity contribution is 0.00808. The van der Waals surface area contributed by atoms with Gasteiger partial charge < -0.3 is 10.6 Å². The van der Waals surface area contributed by atoms with E-state index in [1.165, 1.54) is 43.4 Å². The molecule has 4 fully saturated rings. The Balaban J connectivity index is 1.24. The van der Waals surface area contributed by atoms with Gasteiger partial charge in [0.25, 0.3) is 0 Å². The average molecular weight is 497 g/mol. The molecule has 37 heavy (non-hydrogen) atoms. The molecule has 8 atom stereocenters. The van der Waals surface area contributed by atoms with E-state index in [-0.39, 0.29) is 22.8 Å². The van der Waals surface area contributed by atoms with Crippen LogP contribution in [0.25, 0.3) is 11.3 Å². The zero-order chi connectivity index (χ0) is 24.9. The molecule has 2 aromatic rings. The highest BCUT2D eigenvalue weighted by Gasteiger charge is 2.57. The zero-order valence-corrected chi connectivity index (χ0v) is 22.4. The maximum Gasteiger partial charge on any atom is 0.184 e. The summed E-state index contributed by atoms with van der Waals surface area (Å²) in [6.45, 7) is 6.89. The van der Waals surface area contributed by atoms with Gasteiger partial charge in [-0.05, 0) is 118 Å². The molecule has 2 saturated heterocycles. The number of carbonyl (C=O) groups excluding carboxylic acids is 1. The summed E-state index contributed by atoms with van der Waals surface area (Å²) in [4.78, 5) is 24.1. The van der Waals surface area contributed by atoms with E-state index in [0.29, 0.717) is 11.8 Å². The highest BCUT2D eigenvalue weighted by atomic mass is 16.1. The molecule has 0 amide bonds. The van der Waals surface area contributed by atoms with Crippen molar-refractivity contribution < 1.29 is 4.79 Å². The number of hydrogen-bond acceptors (Lipinski definition) is 5. The van der Waals surface area contributed by atoms with Gasteiger partial charge in [-0.25, -0.2) is 4.98 Å². The van der Waals surface area contributed by atoms with Gasteiger partial charge in [0.05, 0.1) is 5.69 Å². The molecule has 5 nitrogen and oxygen atoms in total. The molecule has 0 spiro atoms. The van der Waals surface area contributed by atoms with Gasteiger partial charge in [0.2, 0.25) is 0 Å². The molecule has 6 aliphatic rings. The van der Waals surface area contributed by atoms with Crippen molar-refractivity contribution in [3.8, 4) is 11.3 Å². The van der Waals surface area contributed by atoms with Crippen LogP contribution < -0.4 is 10.6 Å². The SMILES string of the molecule is CC1CC2Cc3ncc(-c4ccc5c(n4)C(=O)C4CC(C)CC56NCCCC46)cc3C3(C1)NCCCC23. The van der Waals surface area contributed by atoms with Gasteiger partial charge in [-0.3, -0.25) is 9.78 Å². The maximum atomic E-state index is 13.9. The molecule has 4 aliphatic carbocycles. The third kappa shape index (κ3) is 3.07. The largest absolute Gasteiger partial charge is 0.307 e. The lowest BCUT2D eigenvalue weighted by atomic mass is 9.53. The second-order valence-corrected chi connectivity index (χ2v) is 13.6. The molecule has 2 N–H and O–H groups in total. The lowest BCUT2D eigenvalue weighted by Crippen LogP contribution is -2.62. The van der Waals surface area contributed by atoms with Crippen molar-refractivity contribution >= 4 is 5.78 Å². The summed E-state index contributed by atoms with van der Waals surface area (Å²) in [6, 6.07) is 6.82. The topological polar surface area (TPSA) is 66.9 Å². The van der Waals surface area contributed by atoms with Gasteiger partial charge in [-0.1, -0.05) is 19.9 Å². The number of nitrogens with one attached hydrogen (secondary N) is 2. The van der Waals surface area contributed by atoms with Crippen LogP contribution in [-0.4, -0.2) is 28.8 Å². The molecule has 2 aromatic heterocycles. The molecule has 5 heteroatoms. The quantitative estimate of drug-likeness (QED) is 0.555. The van der Waals surface area contributed by atoms with Crippen molar-refractivity contribution in [3.63, 3.8) is 0 Å². The highest BCUT2D eigenvalue weighted by molar-refractivity contribution is 6.00. The average Bonchev–Trinajstić information content (AvgIpc) is 2.90. The molecule has 0 aromatic carbocycles. The molecule has 2 aliphatic heterocycles. The Kier molecular flexibility index (Phi) is 4.91. The van der Waals surface area contributed by atoms with Crippen LogP contribution in [0.1, 0.15) is 92.5 Å². The van der Waals surface area contributed by atoms with Crippen molar-refractivity contribution in [1.82, 2.24) is 20.6 Å². The highest BCUT2D eigenvalue weighted by Crippen LogP contribution is 2.57. The van der Waals surface area contributed by atoms with Crippen LogP contribution in [0.15, 0.2) is 24.4 Å². The molecular weight excluding hydrogens is 456 g/mol. The number of rotatable bonds is 1. The first-order valence-corrected chi connectivity index (χ1v) is 15.0. The minimum atomic E-state index is -0.0745. The van der Waals surface area contributed by atoms with Crippen LogP contribution in [0, 0.1) is 35.5 Å². The summed E-state index contributed by atoms with van der Waals surface area (Å²) in [5.41, 5.74) is 6.57. The molecule has 0 radical (unpaired) electrons. The van der Waals surface area contributed by atoms with Crippen LogP contribution in [0.4, 0.5) is 0 Å². The standard InChI is InChI=1S/C32H40N4O/c1-18-11-20-14-28-26(31(15-18)23(20)5-3-9-34-31)13-21(17-33-28)27-8-7-25-29(36-27)30(37)22-12-19(2)16-32(25)24(22)6-4-10-35-32/h7-8,13,17-20,22-24,34-35H,3-6,9-12,14-16H2,1-2H3. The second-order valence-electron chi connectivity index (χ2n) is 13.6. The molecule has 194 valence electrons. The molecule has 2 saturated carbocycles. The number of piperidine rings is 2. The van der Waals surface area contributed by atoms with Crippen molar-refractivity contribution in [2.45, 2.75) is 82.7 Å². The molecule has 8 rings (SSSR count). The van der Waals surface area contributed by atoms with Crippen LogP contribution in [-0.2, 0) is 17.5 Å². The third-order valence-electron chi connectivity index (χ3n) is 11.4. The van der Waals surface area contributed by atoms with Crippen molar-refractivity contribution in [3.05, 3.63) is 46.9 Å². The van der Waals surface area contributed by atoms with E-state index in [0.717, 1.165) is 79.0 Å². The van der Waals surface area contributed by atoms with E-state index in [4.69, 9.17) is 9.97 Å². The fourth-order valence-corrected chi connectivity index (χ4v) is 10.3. The van der Waals surface area contributed by atoms with Crippen molar-refractivity contribution in [1.29, 1.82) is 0 Å². The normalized spacial score (nSPS) is 41.7. The number of hydrogen-bond donors (Lipinski definition) is 2. The summed E-state index contributed by atoms with van der Waals surface area (Å²) >= 11 is 0. The first-order valence-electron chi connectivity index (χ1n) is 15.0. The third-order valence-corrected chi connectivity index (χ3v) is 11.4. The number of aromatic nitrogens is 2. The number of fused-ring (bicyclic) bond motifs is 2. The number of carbonyl (C=O) groups is 1. The predicted octanol–water partition coefficient (Wildman–Crippen LogP) is 5.38. The Bertz CT molecular complexity index is 1290. The van der Waals surface area contributed by atoms with E-state index >= 15 is 0 Å². The van der Waals surface area contributed by atoms with Crippen LogP contribution in [0.2, 0.25) is 0 Å². The number of Topliss-reactive ketones (excluding diaryl/α,β-unsaturated/α-hetero) is 1. The fourth-order valence-electron chi connectivity index (χ4n) is 10.3. The van der Waals surface area contributed by atoms with Crippen LogP contribution in [0.3, 0.4) is 0 Å². The van der Waals surface area contributed by atoms with Gasteiger partial charge in [0.1, 0.15) is 5.69 Å². The van der Waals surface area contributed by atoms with Gasteiger partial charge in [-0.2, -0.15) is 0 Å². The van der Waals surface area contributed by atoms with Gasteiger partial charge in [0.15, 0.2) is 5.78 Å². The molecule has 4 bridgehead atoms. The number of ketones is 1. The molecule has 8 unspecified atom stereocenters. The van der Waals surface area contributed by atoms with E-state index < -0.39 is 0 Å². The number of pyridine rings is 2. The molecule has 4 heterocycles. The lowest BCUT2D eigenvalue weighted by Gasteiger charge is -2.57. The summed E-state index contributed by atoms with van der Waals surface area (Å²) in [6.07, 6.45) is 12.7. The fraction of sp³-hybridized carbons (Fsp3) is 0.656. The van der Waals surface area contributed by atoms with E-state index in [1.807, 2.05) is 6.20 Å². The summed E-state index contributed by atoms with van der Waals surface area (Å²) in [7, 11) is 0. The summed E-state index contributed by atoms with van der Waals surface area (Å²) in [5, 5.41) is 7.95. The zero-order valence-electron chi connectivity index (χ0n) is 22.4. The first-order chi connectivity index (χ1) is 18.0. The first kappa shape index (κ1) is 22.8. The minimum Gasteiger partial charge on any atom is -0.307 e. The van der Waals surface area contributed by atoms with Crippen molar-refractivity contribution in [2.24, 2.45) is 35.5 Å². The smallest absolute Gasteiger partial charge is 0.184 e. The minimum absolute atomic E-state index is 0.0621. The van der Waals surface area contributed by atoms with Crippen molar-refractivity contribution in [2.75, 3.05) is 13.1 Å². The monoisotopic (exact) mass is 496 g/mol. The van der Waals surface area contributed by atoms with Gasteiger partial charge in [0, 0.05) is 40.0 Å². The summed E-state index contributed by atoms with van der Waals surface area (Å²) in [5.74, 6) is 3.58. The van der Waals surface area contributed by atoms with E-state index in [9.17, 15) is 4.79 Å². The Morgan fingerprint density at radius 2 is 1.65 bits per heavy atom. The Labute approximate surface area is 220 Å². The van der Waals surface area contributed by atoms with Gasteiger partial charge in [-0.15, -0.1) is 0 Å². The van der Waals surface area contributed by atoms with Crippen LogP contribution in [0.5, 0.6) is 0 Å². The summed E-state index contributed by atoms with van der Waals surface area (Å²) < 4.78 is 0. The maximum absolute atomic E-state index is 13.9. The van der Waals surface area contributed by atoms with E-state index in [2.05, 4.69) is 42.7 Å². The number of nitrogens with zero attached hydrogens (tertiary/aromatic N) is 2. The predicted molar refractivity (Wildman–Crippen MR) is 144 cm³/mol. The van der Waals surface area contributed by atoms with E-state index in [1.54, 1.807) is 0 Å². The van der Waals surface area contributed by atoms with Gasteiger partial charge >= 0.3 is 0 Å². The molecular formula is C32H40N4O. The Morgan fingerprint density at radius 1 is 0.919 bits per heavy atom. The van der Waals surface area contributed by atoms with Crippen LogP contribution >= 0.6 is 0 Å². The Hall–Kier alpha value is -2.11. The Morgan fingerprint density at radius 3 is 2.46 bits per heavy atom.